The smallest absolute Gasteiger partial charge is 0.395 e. The first-order valence-electron chi connectivity index (χ1n) is 9.37. The lowest BCUT2D eigenvalue weighted by molar-refractivity contribution is -0.137. The monoisotopic (exact) mass is 456 g/mol. The van der Waals surface area contributed by atoms with E-state index in [9.17, 15) is 18.0 Å². The Hall–Kier alpha value is -2.92. The van der Waals surface area contributed by atoms with Gasteiger partial charge in [-0.1, -0.05) is 22.9 Å². The molecule has 0 fully saturated rings. The molecule has 1 aromatic heterocycles. The second-order valence-electron chi connectivity index (χ2n) is 6.82. The number of amides is 1. The minimum absolute atomic E-state index is 0.0343. The van der Waals surface area contributed by atoms with Gasteiger partial charge >= 0.3 is 6.18 Å². The minimum Gasteiger partial charge on any atom is -0.395 e. The number of hydrogen-bond donors (Lipinski definition) is 3. The van der Waals surface area contributed by atoms with Crippen molar-refractivity contribution < 1.29 is 23.1 Å². The SMILES string of the molecule is C[C@H]1c2nnn(C(=N)/C=C\NCCO)c2CCN1C(=O)c1cccc(C(F)(F)F)c1Cl. The van der Waals surface area contributed by atoms with E-state index in [-0.39, 0.29) is 24.6 Å². The normalized spacial score (nSPS) is 16.5. The summed E-state index contributed by atoms with van der Waals surface area (Å²) in [6, 6.07) is 2.67. The molecule has 0 saturated heterocycles. The summed E-state index contributed by atoms with van der Waals surface area (Å²) in [4.78, 5) is 14.4. The van der Waals surface area contributed by atoms with E-state index in [4.69, 9.17) is 22.1 Å². The molecule has 12 heteroatoms. The van der Waals surface area contributed by atoms with E-state index in [2.05, 4.69) is 15.6 Å². The molecule has 166 valence electrons. The van der Waals surface area contributed by atoms with Crippen LogP contribution in [0.3, 0.4) is 0 Å². The molecule has 1 atom stereocenters. The van der Waals surface area contributed by atoms with E-state index in [0.29, 0.717) is 24.4 Å². The fraction of sp³-hybridized carbons (Fsp3) is 0.368. The molecule has 0 saturated carbocycles. The van der Waals surface area contributed by atoms with Crippen LogP contribution in [0, 0.1) is 5.41 Å². The average Bonchev–Trinajstić information content (AvgIpc) is 3.15. The zero-order valence-electron chi connectivity index (χ0n) is 16.4. The first-order valence-corrected chi connectivity index (χ1v) is 9.75. The number of fused-ring (bicyclic) bond motifs is 1. The molecule has 1 aromatic carbocycles. The summed E-state index contributed by atoms with van der Waals surface area (Å²) < 4.78 is 40.8. The van der Waals surface area contributed by atoms with Gasteiger partial charge in [-0.15, -0.1) is 5.10 Å². The maximum Gasteiger partial charge on any atom is 0.417 e. The molecule has 1 amide bonds. The second-order valence-corrected chi connectivity index (χ2v) is 7.20. The number of aromatic nitrogens is 3. The van der Waals surface area contributed by atoms with Crippen molar-refractivity contribution in [3.63, 3.8) is 0 Å². The summed E-state index contributed by atoms with van der Waals surface area (Å²) in [5.74, 6) is -0.598. The van der Waals surface area contributed by atoms with Gasteiger partial charge in [-0.05, 0) is 25.1 Å². The number of hydrogen-bond acceptors (Lipinski definition) is 6. The topological polar surface area (TPSA) is 107 Å². The van der Waals surface area contributed by atoms with Gasteiger partial charge < -0.3 is 15.3 Å². The van der Waals surface area contributed by atoms with Gasteiger partial charge in [0.2, 0.25) is 0 Å². The molecule has 0 unspecified atom stereocenters. The Kier molecular flexibility index (Phi) is 6.65. The third-order valence-corrected chi connectivity index (χ3v) is 5.29. The molecule has 2 aromatic rings. The van der Waals surface area contributed by atoms with E-state index in [1.165, 1.54) is 27.9 Å². The highest BCUT2D eigenvalue weighted by Crippen LogP contribution is 2.37. The fourth-order valence-electron chi connectivity index (χ4n) is 3.34. The summed E-state index contributed by atoms with van der Waals surface area (Å²) in [7, 11) is 0. The van der Waals surface area contributed by atoms with Gasteiger partial charge in [-0.3, -0.25) is 10.2 Å². The zero-order valence-corrected chi connectivity index (χ0v) is 17.2. The number of carbonyl (C=O) groups is 1. The van der Waals surface area contributed by atoms with E-state index in [0.717, 1.165) is 12.1 Å². The van der Waals surface area contributed by atoms with Crippen LogP contribution in [-0.2, 0) is 12.6 Å². The van der Waals surface area contributed by atoms with Crippen molar-refractivity contribution in [3.8, 4) is 0 Å². The Morgan fingerprint density at radius 2 is 2.19 bits per heavy atom. The number of alkyl halides is 3. The predicted octanol–water partition coefficient (Wildman–Crippen LogP) is 2.63. The summed E-state index contributed by atoms with van der Waals surface area (Å²) in [5, 5.41) is 27.1. The van der Waals surface area contributed by atoms with Crippen molar-refractivity contribution in [2.45, 2.75) is 25.6 Å². The van der Waals surface area contributed by atoms with Crippen LogP contribution in [0.15, 0.2) is 30.5 Å². The molecule has 3 rings (SSSR count). The molecule has 1 aliphatic heterocycles. The quantitative estimate of drug-likeness (QED) is 0.364. The van der Waals surface area contributed by atoms with Gasteiger partial charge in [0.25, 0.3) is 5.91 Å². The van der Waals surface area contributed by atoms with E-state index in [1.807, 2.05) is 0 Å². The Balaban J connectivity index is 1.84. The van der Waals surface area contributed by atoms with E-state index < -0.39 is 28.7 Å². The van der Waals surface area contributed by atoms with E-state index in [1.54, 1.807) is 6.92 Å². The van der Waals surface area contributed by atoms with Crippen LogP contribution < -0.4 is 5.32 Å². The number of nitrogens with one attached hydrogen (secondary N) is 2. The maximum atomic E-state index is 13.1. The Morgan fingerprint density at radius 1 is 1.45 bits per heavy atom. The van der Waals surface area contributed by atoms with Gasteiger partial charge in [0, 0.05) is 25.7 Å². The van der Waals surface area contributed by atoms with Crippen LogP contribution in [0.2, 0.25) is 5.02 Å². The molecule has 3 N–H and O–H groups in total. The predicted molar refractivity (Wildman–Crippen MR) is 107 cm³/mol. The van der Waals surface area contributed by atoms with Crippen molar-refractivity contribution in [1.82, 2.24) is 25.2 Å². The van der Waals surface area contributed by atoms with Crippen molar-refractivity contribution in [2.24, 2.45) is 0 Å². The molecular weight excluding hydrogens is 437 g/mol. The summed E-state index contributed by atoms with van der Waals surface area (Å²) >= 11 is 5.92. The number of allylic oxidation sites excluding steroid dienone is 1. The van der Waals surface area contributed by atoms with Gasteiger partial charge in [0.05, 0.1) is 34.5 Å². The van der Waals surface area contributed by atoms with Crippen LogP contribution in [0.5, 0.6) is 0 Å². The van der Waals surface area contributed by atoms with Crippen LogP contribution in [0.1, 0.15) is 40.3 Å². The van der Waals surface area contributed by atoms with Crippen molar-refractivity contribution in [1.29, 1.82) is 5.41 Å². The van der Waals surface area contributed by atoms with E-state index >= 15 is 0 Å². The number of aliphatic hydroxyl groups is 1. The summed E-state index contributed by atoms with van der Waals surface area (Å²) in [5.41, 5.74) is -0.191. The van der Waals surface area contributed by atoms with Crippen molar-refractivity contribution in [2.75, 3.05) is 19.7 Å². The number of aliphatic hydroxyl groups excluding tert-OH is 1. The Bertz CT molecular complexity index is 1020. The number of carbonyl (C=O) groups excluding carboxylic acids is 1. The maximum absolute atomic E-state index is 13.1. The molecular formula is C19H20ClF3N6O2. The molecule has 0 bridgehead atoms. The van der Waals surface area contributed by atoms with Gasteiger partial charge in [0.15, 0.2) is 0 Å². The third-order valence-electron chi connectivity index (χ3n) is 4.88. The van der Waals surface area contributed by atoms with Gasteiger partial charge in [0.1, 0.15) is 11.5 Å². The van der Waals surface area contributed by atoms with Gasteiger partial charge in [-0.25, -0.2) is 0 Å². The number of benzene rings is 1. The molecule has 2 heterocycles. The standard InChI is InChI=1S/C19H20ClF3N6O2/c1-11-17-14(29(27-26-17)15(24)5-7-25-8-10-30)6-9-28(11)18(31)12-3-2-4-13(16(12)20)19(21,22)23/h2-5,7,11,24-25,30H,6,8-10H2,1H3/b7-5-,24-15?/t11-/m0/s1. The lowest BCUT2D eigenvalue weighted by Crippen LogP contribution is -2.40. The highest BCUT2D eigenvalue weighted by Gasteiger charge is 2.37. The highest BCUT2D eigenvalue weighted by molar-refractivity contribution is 6.34. The second kappa shape index (κ2) is 9.06. The van der Waals surface area contributed by atoms with Crippen LogP contribution in [-0.4, -0.2) is 56.4 Å². The number of halogens is 4. The van der Waals surface area contributed by atoms with Crippen molar-refractivity contribution in [3.05, 3.63) is 58.0 Å². The van der Waals surface area contributed by atoms with Crippen LogP contribution >= 0.6 is 11.6 Å². The minimum atomic E-state index is -4.67. The highest BCUT2D eigenvalue weighted by atomic mass is 35.5. The van der Waals surface area contributed by atoms with Crippen molar-refractivity contribution >= 4 is 23.3 Å². The molecule has 8 nitrogen and oxygen atoms in total. The average molecular weight is 457 g/mol. The van der Waals surface area contributed by atoms with Crippen LogP contribution in [0.25, 0.3) is 0 Å². The first-order chi connectivity index (χ1) is 14.7. The first kappa shape index (κ1) is 22.8. The molecule has 0 aliphatic carbocycles. The Morgan fingerprint density at radius 3 is 2.87 bits per heavy atom. The Labute approximate surface area is 180 Å². The number of rotatable bonds is 5. The summed E-state index contributed by atoms with van der Waals surface area (Å²) in [6.07, 6.45) is -1.40. The van der Waals surface area contributed by atoms with Crippen LogP contribution in [0.4, 0.5) is 13.2 Å². The number of nitrogens with zero attached hydrogens (tertiary/aromatic N) is 4. The lowest BCUT2D eigenvalue weighted by Gasteiger charge is -2.33. The lowest BCUT2D eigenvalue weighted by atomic mass is 10.0. The largest absolute Gasteiger partial charge is 0.417 e. The molecule has 0 spiro atoms. The zero-order chi connectivity index (χ0) is 22.8. The van der Waals surface area contributed by atoms with Gasteiger partial charge in [-0.2, -0.15) is 17.9 Å². The fourth-order valence-corrected chi connectivity index (χ4v) is 3.65. The summed E-state index contributed by atoms with van der Waals surface area (Å²) in [6.45, 7) is 2.19. The third kappa shape index (κ3) is 4.57. The molecule has 1 aliphatic rings. The molecule has 31 heavy (non-hydrogen) atoms. The molecule has 0 radical (unpaired) electrons.